The lowest BCUT2D eigenvalue weighted by molar-refractivity contribution is 0.0695. The fourth-order valence-electron chi connectivity index (χ4n) is 1.74. The predicted octanol–water partition coefficient (Wildman–Crippen LogP) is 1.89. The van der Waals surface area contributed by atoms with Gasteiger partial charge >= 0.3 is 5.97 Å². The van der Waals surface area contributed by atoms with Gasteiger partial charge in [-0.25, -0.2) is 9.18 Å². The third-order valence-electron chi connectivity index (χ3n) is 2.65. The lowest BCUT2D eigenvalue weighted by atomic mass is 10.0. The van der Waals surface area contributed by atoms with Crippen LogP contribution < -0.4 is 5.56 Å². The number of rotatable bonds is 2. The van der Waals surface area contributed by atoms with Crippen molar-refractivity contribution in [1.82, 2.24) is 4.57 Å². The van der Waals surface area contributed by atoms with Crippen molar-refractivity contribution < 1.29 is 14.3 Å². The molecule has 5 heteroatoms. The second-order valence-corrected chi connectivity index (χ2v) is 3.81. The molecule has 0 spiro atoms. The van der Waals surface area contributed by atoms with Crippen molar-refractivity contribution in [3.8, 4) is 11.1 Å². The maximum Gasteiger partial charge on any atom is 0.341 e. The summed E-state index contributed by atoms with van der Waals surface area (Å²) >= 11 is 0. The van der Waals surface area contributed by atoms with Crippen LogP contribution >= 0.6 is 0 Å². The molecular weight excluding hydrogens is 237 g/mol. The Kier molecular flexibility index (Phi) is 2.97. The molecule has 0 amide bonds. The van der Waals surface area contributed by atoms with E-state index in [1.54, 1.807) is 6.07 Å². The van der Waals surface area contributed by atoms with Crippen LogP contribution in [-0.2, 0) is 7.05 Å². The fraction of sp³-hybridized carbons (Fsp3) is 0.0769. The van der Waals surface area contributed by atoms with Crippen molar-refractivity contribution in [3.63, 3.8) is 0 Å². The van der Waals surface area contributed by atoms with Gasteiger partial charge in [0.05, 0.1) is 0 Å². The molecule has 2 aromatic rings. The highest BCUT2D eigenvalue weighted by atomic mass is 19.1. The van der Waals surface area contributed by atoms with Crippen molar-refractivity contribution >= 4 is 5.97 Å². The van der Waals surface area contributed by atoms with E-state index in [-0.39, 0.29) is 11.1 Å². The second kappa shape index (κ2) is 4.44. The van der Waals surface area contributed by atoms with Crippen LogP contribution in [0.4, 0.5) is 4.39 Å². The summed E-state index contributed by atoms with van der Waals surface area (Å²) in [5.74, 6) is -1.93. The highest BCUT2D eigenvalue weighted by Gasteiger charge is 2.19. The molecule has 18 heavy (non-hydrogen) atoms. The number of carboxylic acids is 1. The molecule has 1 aromatic heterocycles. The van der Waals surface area contributed by atoms with E-state index >= 15 is 0 Å². The van der Waals surface area contributed by atoms with Crippen LogP contribution in [0.1, 0.15) is 10.4 Å². The number of carbonyl (C=O) groups is 1. The molecule has 0 saturated heterocycles. The van der Waals surface area contributed by atoms with Crippen LogP contribution in [0.5, 0.6) is 0 Å². The average molecular weight is 247 g/mol. The van der Waals surface area contributed by atoms with E-state index in [0.29, 0.717) is 0 Å². The van der Waals surface area contributed by atoms with E-state index in [1.165, 1.54) is 37.5 Å². The summed E-state index contributed by atoms with van der Waals surface area (Å²) in [5.41, 5.74) is -0.898. The second-order valence-electron chi connectivity index (χ2n) is 3.81. The molecule has 1 N–H and O–H groups in total. The third kappa shape index (κ3) is 1.90. The number of pyridine rings is 1. The van der Waals surface area contributed by atoms with E-state index in [9.17, 15) is 14.0 Å². The molecule has 92 valence electrons. The van der Waals surface area contributed by atoms with Crippen LogP contribution in [0.2, 0.25) is 0 Å². The van der Waals surface area contributed by atoms with Gasteiger partial charge in [-0.1, -0.05) is 18.2 Å². The van der Waals surface area contributed by atoms with E-state index in [2.05, 4.69) is 0 Å². The summed E-state index contributed by atoms with van der Waals surface area (Å²) in [4.78, 5) is 22.9. The first kappa shape index (κ1) is 12.0. The Morgan fingerprint density at radius 3 is 2.50 bits per heavy atom. The van der Waals surface area contributed by atoms with Crippen LogP contribution in [0.3, 0.4) is 0 Å². The molecule has 1 aromatic carbocycles. The number of carboxylic acid groups (broad SMARTS) is 1. The number of benzene rings is 1. The zero-order valence-electron chi connectivity index (χ0n) is 9.55. The molecule has 0 aliphatic carbocycles. The van der Waals surface area contributed by atoms with E-state index < -0.39 is 22.9 Å². The molecular formula is C13H10FNO3. The zero-order valence-corrected chi connectivity index (χ0v) is 9.55. The Balaban J connectivity index is 2.81. The monoisotopic (exact) mass is 247 g/mol. The SMILES string of the molecule is Cn1ccc(-c2ccccc2F)c(C(=O)O)c1=O. The van der Waals surface area contributed by atoms with Crippen molar-refractivity contribution in [2.75, 3.05) is 0 Å². The van der Waals surface area contributed by atoms with Gasteiger partial charge in [-0.2, -0.15) is 0 Å². The molecule has 2 rings (SSSR count). The lowest BCUT2D eigenvalue weighted by Gasteiger charge is -2.08. The highest BCUT2D eigenvalue weighted by Crippen LogP contribution is 2.24. The quantitative estimate of drug-likeness (QED) is 0.881. The van der Waals surface area contributed by atoms with E-state index in [0.717, 1.165) is 4.57 Å². The zero-order chi connectivity index (χ0) is 13.3. The summed E-state index contributed by atoms with van der Waals surface area (Å²) in [6, 6.07) is 7.17. The average Bonchev–Trinajstić information content (AvgIpc) is 2.33. The molecule has 0 radical (unpaired) electrons. The lowest BCUT2D eigenvalue weighted by Crippen LogP contribution is -2.24. The first-order chi connectivity index (χ1) is 8.52. The first-order valence-electron chi connectivity index (χ1n) is 5.20. The van der Waals surface area contributed by atoms with Gasteiger partial charge in [0.2, 0.25) is 0 Å². The molecule has 0 saturated carbocycles. The topological polar surface area (TPSA) is 59.3 Å². The predicted molar refractivity (Wildman–Crippen MR) is 64.0 cm³/mol. The number of aryl methyl sites for hydroxylation is 1. The fourth-order valence-corrected chi connectivity index (χ4v) is 1.74. The van der Waals surface area contributed by atoms with Gasteiger partial charge in [0, 0.05) is 24.4 Å². The molecule has 1 heterocycles. The summed E-state index contributed by atoms with van der Waals surface area (Å²) in [6.07, 6.45) is 1.41. The van der Waals surface area contributed by atoms with Crippen LogP contribution in [0.15, 0.2) is 41.3 Å². The number of hydrogen-bond donors (Lipinski definition) is 1. The molecule has 4 nitrogen and oxygen atoms in total. The first-order valence-corrected chi connectivity index (χ1v) is 5.20. The Labute approximate surface area is 102 Å². The molecule has 0 aliphatic rings. The number of aromatic nitrogens is 1. The number of nitrogens with zero attached hydrogens (tertiary/aromatic N) is 1. The number of aromatic carboxylic acids is 1. The molecule has 0 unspecified atom stereocenters. The molecule has 0 atom stereocenters. The molecule has 0 bridgehead atoms. The normalized spacial score (nSPS) is 10.3. The minimum atomic E-state index is -1.37. The maximum absolute atomic E-state index is 13.6. The van der Waals surface area contributed by atoms with Gasteiger partial charge in [-0.15, -0.1) is 0 Å². The largest absolute Gasteiger partial charge is 0.477 e. The Morgan fingerprint density at radius 1 is 1.22 bits per heavy atom. The molecule has 0 fully saturated rings. The number of halogens is 1. The number of hydrogen-bond acceptors (Lipinski definition) is 2. The van der Waals surface area contributed by atoms with Gasteiger partial charge in [0.1, 0.15) is 11.4 Å². The van der Waals surface area contributed by atoms with Crippen LogP contribution in [0.25, 0.3) is 11.1 Å². The molecule has 0 aliphatic heterocycles. The minimum Gasteiger partial charge on any atom is -0.477 e. The van der Waals surface area contributed by atoms with Gasteiger partial charge in [0.25, 0.3) is 5.56 Å². The van der Waals surface area contributed by atoms with Gasteiger partial charge in [-0.05, 0) is 12.1 Å². The van der Waals surface area contributed by atoms with Crippen LogP contribution in [0, 0.1) is 5.82 Å². The van der Waals surface area contributed by atoms with E-state index in [4.69, 9.17) is 5.11 Å². The Bertz CT molecular complexity index is 676. The standard InChI is InChI=1S/C13H10FNO3/c1-15-7-6-9(11(12(15)16)13(17)18)8-4-2-3-5-10(8)14/h2-7H,1H3,(H,17,18). The van der Waals surface area contributed by atoms with Crippen molar-refractivity contribution in [2.45, 2.75) is 0 Å². The third-order valence-corrected chi connectivity index (χ3v) is 2.65. The summed E-state index contributed by atoms with van der Waals surface area (Å²) < 4.78 is 14.8. The van der Waals surface area contributed by atoms with Crippen molar-refractivity contribution in [3.05, 3.63) is 58.3 Å². The van der Waals surface area contributed by atoms with Gasteiger partial charge in [0.15, 0.2) is 0 Å². The summed E-state index contributed by atoms with van der Waals surface area (Å²) in [5, 5.41) is 9.09. The van der Waals surface area contributed by atoms with Gasteiger partial charge < -0.3 is 9.67 Å². The Morgan fingerprint density at radius 2 is 1.89 bits per heavy atom. The smallest absolute Gasteiger partial charge is 0.341 e. The highest BCUT2D eigenvalue weighted by molar-refractivity contribution is 5.95. The maximum atomic E-state index is 13.6. The van der Waals surface area contributed by atoms with Crippen molar-refractivity contribution in [1.29, 1.82) is 0 Å². The Hall–Kier alpha value is -2.43. The van der Waals surface area contributed by atoms with Gasteiger partial charge in [-0.3, -0.25) is 4.79 Å². The summed E-state index contributed by atoms with van der Waals surface area (Å²) in [6.45, 7) is 0. The van der Waals surface area contributed by atoms with Crippen molar-refractivity contribution in [2.24, 2.45) is 7.05 Å². The minimum absolute atomic E-state index is 0.0868. The summed E-state index contributed by atoms with van der Waals surface area (Å²) in [7, 11) is 1.44. The van der Waals surface area contributed by atoms with Crippen LogP contribution in [-0.4, -0.2) is 15.6 Å². The van der Waals surface area contributed by atoms with E-state index in [1.807, 2.05) is 0 Å².